The number of rotatable bonds is 2. The molecule has 1 aromatic heterocycles. The van der Waals surface area contributed by atoms with Crippen molar-refractivity contribution >= 4 is 23.4 Å². The fourth-order valence-corrected chi connectivity index (χ4v) is 2.47. The van der Waals surface area contributed by atoms with Gasteiger partial charge in [0.25, 0.3) is 0 Å². The van der Waals surface area contributed by atoms with Gasteiger partial charge in [-0.3, -0.25) is 0 Å². The maximum absolute atomic E-state index is 5.82. The minimum atomic E-state index is 0.215. The summed E-state index contributed by atoms with van der Waals surface area (Å²) in [5.41, 5.74) is 5.96. The van der Waals surface area contributed by atoms with Crippen LogP contribution in [0.2, 0.25) is 5.15 Å². The molecule has 3 N–H and O–H groups in total. The second-order valence-electron chi connectivity index (χ2n) is 5.18. The zero-order valence-corrected chi connectivity index (χ0v) is 10.4. The Hall–Kier alpha value is -1.03. The van der Waals surface area contributed by atoms with Gasteiger partial charge in [-0.15, -0.1) is 0 Å². The third kappa shape index (κ3) is 2.76. The van der Waals surface area contributed by atoms with Crippen LogP contribution < -0.4 is 11.1 Å². The molecule has 1 aromatic rings. The molecule has 5 heteroatoms. The van der Waals surface area contributed by atoms with E-state index in [0.29, 0.717) is 16.6 Å². The summed E-state index contributed by atoms with van der Waals surface area (Å²) in [4.78, 5) is 7.95. The second kappa shape index (κ2) is 4.09. The summed E-state index contributed by atoms with van der Waals surface area (Å²) in [5.74, 6) is 0.937. The SMILES string of the molecule is CC1(C)CCC(Nc2cc(Cl)nc(N)n2)C1. The van der Waals surface area contributed by atoms with Gasteiger partial charge in [0.15, 0.2) is 0 Å². The second-order valence-corrected chi connectivity index (χ2v) is 5.57. The summed E-state index contributed by atoms with van der Waals surface area (Å²) in [6.45, 7) is 4.58. The molecule has 0 amide bonds. The molecule has 1 fully saturated rings. The van der Waals surface area contributed by atoms with Crippen molar-refractivity contribution in [2.45, 2.75) is 39.2 Å². The van der Waals surface area contributed by atoms with E-state index in [2.05, 4.69) is 29.1 Å². The van der Waals surface area contributed by atoms with Crippen LogP contribution in [-0.4, -0.2) is 16.0 Å². The van der Waals surface area contributed by atoms with Crippen LogP contribution in [-0.2, 0) is 0 Å². The Morgan fingerprint density at radius 3 is 2.81 bits per heavy atom. The van der Waals surface area contributed by atoms with Crippen molar-refractivity contribution in [1.29, 1.82) is 0 Å². The number of nitrogens with one attached hydrogen (secondary N) is 1. The predicted octanol–water partition coefficient (Wildman–Crippen LogP) is 2.70. The van der Waals surface area contributed by atoms with Crippen molar-refractivity contribution in [3.8, 4) is 0 Å². The van der Waals surface area contributed by atoms with Crippen molar-refractivity contribution in [1.82, 2.24) is 9.97 Å². The molecule has 0 aromatic carbocycles. The molecule has 1 heterocycles. The molecule has 1 atom stereocenters. The fraction of sp³-hybridized carbons (Fsp3) is 0.636. The molecular formula is C11H17ClN4. The summed E-state index contributed by atoms with van der Waals surface area (Å²) in [6.07, 6.45) is 3.54. The van der Waals surface area contributed by atoms with Gasteiger partial charge in [-0.25, -0.2) is 4.98 Å². The molecule has 1 aliphatic carbocycles. The Morgan fingerprint density at radius 2 is 2.25 bits per heavy atom. The van der Waals surface area contributed by atoms with Crippen LogP contribution in [0, 0.1) is 5.41 Å². The number of halogens is 1. The van der Waals surface area contributed by atoms with Gasteiger partial charge in [-0.2, -0.15) is 4.98 Å². The van der Waals surface area contributed by atoms with E-state index in [4.69, 9.17) is 17.3 Å². The van der Waals surface area contributed by atoms with Gasteiger partial charge in [-0.1, -0.05) is 25.4 Å². The van der Waals surface area contributed by atoms with Gasteiger partial charge in [0.05, 0.1) is 0 Å². The van der Waals surface area contributed by atoms with Crippen LogP contribution in [0.1, 0.15) is 33.1 Å². The van der Waals surface area contributed by atoms with E-state index in [1.807, 2.05) is 0 Å². The highest BCUT2D eigenvalue weighted by molar-refractivity contribution is 6.29. The maximum atomic E-state index is 5.82. The topological polar surface area (TPSA) is 63.8 Å². The van der Waals surface area contributed by atoms with Crippen molar-refractivity contribution in [2.24, 2.45) is 5.41 Å². The summed E-state index contributed by atoms with van der Waals surface area (Å²) in [7, 11) is 0. The highest BCUT2D eigenvalue weighted by Gasteiger charge is 2.30. The lowest BCUT2D eigenvalue weighted by atomic mass is 9.92. The van der Waals surface area contributed by atoms with Crippen LogP contribution in [0.15, 0.2) is 6.07 Å². The molecule has 1 saturated carbocycles. The zero-order valence-electron chi connectivity index (χ0n) is 9.63. The fourth-order valence-electron chi connectivity index (χ4n) is 2.28. The van der Waals surface area contributed by atoms with E-state index in [-0.39, 0.29) is 5.95 Å². The van der Waals surface area contributed by atoms with Gasteiger partial charge in [-0.05, 0) is 24.7 Å². The van der Waals surface area contributed by atoms with Gasteiger partial charge in [0, 0.05) is 12.1 Å². The predicted molar refractivity (Wildman–Crippen MR) is 66.5 cm³/mol. The van der Waals surface area contributed by atoms with Crippen molar-refractivity contribution < 1.29 is 0 Å². The average Bonchev–Trinajstić information content (AvgIpc) is 2.43. The molecule has 0 aliphatic heterocycles. The first-order valence-corrected chi connectivity index (χ1v) is 5.89. The monoisotopic (exact) mass is 240 g/mol. The lowest BCUT2D eigenvalue weighted by Crippen LogP contribution is -2.18. The molecule has 16 heavy (non-hydrogen) atoms. The van der Waals surface area contributed by atoms with Crippen LogP contribution in [0.3, 0.4) is 0 Å². The summed E-state index contributed by atoms with van der Waals surface area (Å²) < 4.78 is 0. The zero-order chi connectivity index (χ0) is 11.8. The van der Waals surface area contributed by atoms with E-state index >= 15 is 0 Å². The van der Waals surface area contributed by atoms with Crippen LogP contribution >= 0.6 is 11.6 Å². The number of nitrogens with zero attached hydrogens (tertiary/aromatic N) is 2. The number of aromatic nitrogens is 2. The third-order valence-corrected chi connectivity index (χ3v) is 3.23. The minimum Gasteiger partial charge on any atom is -0.368 e. The van der Waals surface area contributed by atoms with Gasteiger partial charge < -0.3 is 11.1 Å². The van der Waals surface area contributed by atoms with Crippen molar-refractivity contribution in [2.75, 3.05) is 11.1 Å². The summed E-state index contributed by atoms with van der Waals surface area (Å²) in [5, 5.41) is 3.74. The molecular weight excluding hydrogens is 224 g/mol. The van der Waals surface area contributed by atoms with Gasteiger partial charge in [0.2, 0.25) is 5.95 Å². The first kappa shape index (κ1) is 11.5. The Morgan fingerprint density at radius 1 is 1.50 bits per heavy atom. The number of anilines is 2. The lowest BCUT2D eigenvalue weighted by molar-refractivity contribution is 0.378. The van der Waals surface area contributed by atoms with Gasteiger partial charge >= 0.3 is 0 Å². The number of nitrogen functional groups attached to an aromatic ring is 1. The maximum Gasteiger partial charge on any atom is 0.223 e. The van der Waals surface area contributed by atoms with Crippen LogP contribution in [0.5, 0.6) is 0 Å². The van der Waals surface area contributed by atoms with Crippen molar-refractivity contribution in [3.63, 3.8) is 0 Å². The molecule has 0 spiro atoms. The smallest absolute Gasteiger partial charge is 0.223 e. The molecule has 88 valence electrons. The summed E-state index contributed by atoms with van der Waals surface area (Å²) >= 11 is 5.82. The van der Waals surface area contributed by atoms with Crippen LogP contribution in [0.4, 0.5) is 11.8 Å². The standard InChI is InChI=1S/C11H17ClN4/c1-11(2)4-3-7(6-11)14-9-5-8(12)15-10(13)16-9/h5,7H,3-4,6H2,1-2H3,(H3,13,14,15,16). The summed E-state index contributed by atoms with van der Waals surface area (Å²) in [6, 6.07) is 2.17. The number of hydrogen-bond donors (Lipinski definition) is 2. The van der Waals surface area contributed by atoms with Crippen molar-refractivity contribution in [3.05, 3.63) is 11.2 Å². The minimum absolute atomic E-state index is 0.215. The Balaban J connectivity index is 2.05. The lowest BCUT2D eigenvalue weighted by Gasteiger charge is -2.18. The van der Waals surface area contributed by atoms with E-state index in [1.54, 1.807) is 6.07 Å². The molecule has 0 saturated heterocycles. The molecule has 1 aliphatic rings. The van der Waals surface area contributed by atoms with E-state index in [1.165, 1.54) is 6.42 Å². The molecule has 4 nitrogen and oxygen atoms in total. The average molecular weight is 241 g/mol. The van der Waals surface area contributed by atoms with E-state index in [9.17, 15) is 0 Å². The first-order chi connectivity index (χ1) is 7.44. The quantitative estimate of drug-likeness (QED) is 0.781. The molecule has 0 bridgehead atoms. The molecule has 0 radical (unpaired) electrons. The number of nitrogens with two attached hydrogens (primary N) is 1. The number of hydrogen-bond acceptors (Lipinski definition) is 4. The first-order valence-electron chi connectivity index (χ1n) is 5.51. The van der Waals surface area contributed by atoms with Crippen LogP contribution in [0.25, 0.3) is 0 Å². The van der Waals surface area contributed by atoms with Gasteiger partial charge in [0.1, 0.15) is 11.0 Å². The molecule has 2 rings (SSSR count). The largest absolute Gasteiger partial charge is 0.368 e. The Kier molecular flexibility index (Phi) is 2.93. The highest BCUT2D eigenvalue weighted by atomic mass is 35.5. The highest BCUT2D eigenvalue weighted by Crippen LogP contribution is 2.38. The normalized spacial score (nSPS) is 23.3. The van der Waals surface area contributed by atoms with E-state index < -0.39 is 0 Å². The Labute approximate surface area is 101 Å². The molecule has 1 unspecified atom stereocenters. The van der Waals surface area contributed by atoms with E-state index in [0.717, 1.165) is 18.7 Å². The Bertz CT molecular complexity index is 371. The third-order valence-electron chi connectivity index (χ3n) is 3.03.